The van der Waals surface area contributed by atoms with Gasteiger partial charge in [-0.25, -0.2) is 0 Å². The minimum Gasteiger partial charge on any atom is -0.181 e. The van der Waals surface area contributed by atoms with Crippen LogP contribution in [0.15, 0.2) is 89.7 Å². The molecular weight excluding hydrogens is 260 g/mol. The first-order valence-electron chi connectivity index (χ1n) is 6.85. The van der Waals surface area contributed by atoms with Crippen molar-refractivity contribution in [2.45, 2.75) is 16.7 Å². The third kappa shape index (κ3) is 2.88. The van der Waals surface area contributed by atoms with Gasteiger partial charge in [-0.05, 0) is 41.0 Å². The summed E-state index contributed by atoms with van der Waals surface area (Å²) in [5.41, 5.74) is 1.30. The molecule has 2 rings (SSSR count). The Morgan fingerprint density at radius 2 is 1.30 bits per heavy atom. The van der Waals surface area contributed by atoms with Crippen LogP contribution < -0.4 is 0 Å². The Kier molecular flexibility index (Phi) is 4.86. The van der Waals surface area contributed by atoms with Gasteiger partial charge in [-0.15, -0.1) is 13.2 Å². The first kappa shape index (κ1) is 14.7. The van der Waals surface area contributed by atoms with Gasteiger partial charge in [0.15, 0.2) is 0 Å². The lowest BCUT2D eigenvalue weighted by Gasteiger charge is -2.39. The van der Waals surface area contributed by atoms with E-state index in [4.69, 9.17) is 0 Å². The number of benzene rings is 2. The van der Waals surface area contributed by atoms with Crippen LogP contribution in [0.25, 0.3) is 0 Å². The standard InChI is InChI=1S/C19H22S/c1-4-15-20(16-5-2,18-9-7-6-8-10-18)19-13-11-17(3)12-14-19/h4-14H,1-2,15-16H2,3H3. The van der Waals surface area contributed by atoms with Crippen LogP contribution in [-0.4, -0.2) is 11.5 Å². The second-order valence-corrected chi connectivity index (χ2v) is 8.30. The summed E-state index contributed by atoms with van der Waals surface area (Å²) in [6, 6.07) is 19.7. The van der Waals surface area contributed by atoms with Crippen molar-refractivity contribution in [2.24, 2.45) is 0 Å². The van der Waals surface area contributed by atoms with Crippen LogP contribution >= 0.6 is 10.0 Å². The van der Waals surface area contributed by atoms with E-state index in [0.717, 1.165) is 11.5 Å². The Hall–Kier alpha value is -1.73. The van der Waals surface area contributed by atoms with Crippen molar-refractivity contribution in [3.63, 3.8) is 0 Å². The number of aryl methyl sites for hydroxylation is 1. The zero-order chi connectivity index (χ0) is 14.4. The molecule has 0 nitrogen and oxygen atoms in total. The van der Waals surface area contributed by atoms with E-state index < -0.39 is 10.0 Å². The molecule has 0 unspecified atom stereocenters. The first-order chi connectivity index (χ1) is 9.73. The monoisotopic (exact) mass is 282 g/mol. The van der Waals surface area contributed by atoms with Crippen molar-refractivity contribution < 1.29 is 0 Å². The molecule has 20 heavy (non-hydrogen) atoms. The van der Waals surface area contributed by atoms with Crippen LogP contribution in [0.5, 0.6) is 0 Å². The smallest absolute Gasteiger partial charge is 0.00323 e. The highest BCUT2D eigenvalue weighted by molar-refractivity contribution is 8.34. The van der Waals surface area contributed by atoms with Crippen LogP contribution in [0, 0.1) is 6.92 Å². The molecule has 0 aromatic heterocycles. The molecular formula is C19H22S. The van der Waals surface area contributed by atoms with E-state index in [0.29, 0.717) is 0 Å². The first-order valence-corrected chi connectivity index (χ1v) is 8.82. The summed E-state index contributed by atoms with van der Waals surface area (Å²) in [4.78, 5) is 2.82. The van der Waals surface area contributed by atoms with Crippen molar-refractivity contribution in [1.29, 1.82) is 0 Å². The molecule has 0 heterocycles. The van der Waals surface area contributed by atoms with Gasteiger partial charge in [-0.1, -0.05) is 48.0 Å². The summed E-state index contributed by atoms with van der Waals surface area (Å²) in [6.45, 7) is 10.1. The third-order valence-electron chi connectivity index (χ3n) is 3.47. The van der Waals surface area contributed by atoms with Crippen molar-refractivity contribution in [2.75, 3.05) is 11.5 Å². The van der Waals surface area contributed by atoms with Gasteiger partial charge in [0.25, 0.3) is 0 Å². The summed E-state index contributed by atoms with van der Waals surface area (Å²) in [6.07, 6.45) is 4.09. The second-order valence-electron chi connectivity index (χ2n) is 4.92. The fourth-order valence-electron chi connectivity index (χ4n) is 2.47. The van der Waals surface area contributed by atoms with Crippen LogP contribution in [0.3, 0.4) is 0 Å². The minimum absolute atomic E-state index is 0.992. The molecule has 2 aromatic rings. The maximum Gasteiger partial charge on any atom is 0.00323 e. The van der Waals surface area contributed by atoms with E-state index in [2.05, 4.69) is 74.7 Å². The van der Waals surface area contributed by atoms with Gasteiger partial charge in [-0.2, -0.15) is 10.0 Å². The Bertz CT molecular complexity index is 556. The molecule has 0 bridgehead atoms. The summed E-state index contributed by atoms with van der Waals surface area (Å²) in [5.74, 6) is 1.98. The highest BCUT2D eigenvalue weighted by atomic mass is 32.3. The van der Waals surface area contributed by atoms with E-state index in [1.807, 2.05) is 12.2 Å². The Balaban J connectivity index is 2.60. The van der Waals surface area contributed by atoms with E-state index in [-0.39, 0.29) is 0 Å². The number of hydrogen-bond donors (Lipinski definition) is 0. The number of rotatable bonds is 6. The summed E-state index contributed by atoms with van der Waals surface area (Å²) >= 11 is 0. The van der Waals surface area contributed by atoms with E-state index >= 15 is 0 Å². The zero-order valence-electron chi connectivity index (χ0n) is 12.1. The summed E-state index contributed by atoms with van der Waals surface area (Å²) in [5, 5.41) is 0. The Labute approximate surface area is 124 Å². The maximum atomic E-state index is 3.98. The summed E-state index contributed by atoms with van der Waals surface area (Å²) < 4.78 is 0. The molecule has 0 radical (unpaired) electrons. The maximum absolute atomic E-state index is 3.98. The average Bonchev–Trinajstić information content (AvgIpc) is 2.48. The highest BCUT2D eigenvalue weighted by Gasteiger charge is 2.25. The largest absolute Gasteiger partial charge is 0.181 e. The third-order valence-corrected chi connectivity index (χ3v) is 7.43. The Morgan fingerprint density at radius 3 is 1.80 bits per heavy atom. The normalized spacial score (nSPS) is 11.8. The van der Waals surface area contributed by atoms with Crippen LogP contribution in [0.4, 0.5) is 0 Å². The van der Waals surface area contributed by atoms with Crippen molar-refractivity contribution in [3.05, 3.63) is 85.5 Å². The van der Waals surface area contributed by atoms with Gasteiger partial charge < -0.3 is 0 Å². The molecule has 0 saturated heterocycles. The van der Waals surface area contributed by atoms with Gasteiger partial charge in [0, 0.05) is 11.5 Å². The van der Waals surface area contributed by atoms with Crippen molar-refractivity contribution in [3.8, 4) is 0 Å². The quantitative estimate of drug-likeness (QED) is 0.606. The molecule has 104 valence electrons. The van der Waals surface area contributed by atoms with Gasteiger partial charge in [-0.3, -0.25) is 0 Å². The molecule has 0 N–H and O–H groups in total. The molecule has 0 fully saturated rings. The molecule has 0 aliphatic carbocycles. The molecule has 0 amide bonds. The van der Waals surface area contributed by atoms with Crippen molar-refractivity contribution in [1.82, 2.24) is 0 Å². The lowest BCUT2D eigenvalue weighted by Crippen LogP contribution is -2.09. The van der Waals surface area contributed by atoms with Crippen LogP contribution in [0.1, 0.15) is 5.56 Å². The fraction of sp³-hybridized carbons (Fsp3) is 0.158. The van der Waals surface area contributed by atoms with E-state index in [9.17, 15) is 0 Å². The molecule has 0 aliphatic rings. The van der Waals surface area contributed by atoms with Crippen LogP contribution in [-0.2, 0) is 0 Å². The van der Waals surface area contributed by atoms with E-state index in [1.165, 1.54) is 15.4 Å². The highest BCUT2D eigenvalue weighted by Crippen LogP contribution is 2.62. The van der Waals surface area contributed by atoms with Gasteiger partial charge >= 0.3 is 0 Å². The van der Waals surface area contributed by atoms with Gasteiger partial charge in [0.1, 0.15) is 0 Å². The molecule has 0 spiro atoms. The summed E-state index contributed by atoms with van der Waals surface area (Å²) in [7, 11) is -1.11. The zero-order valence-corrected chi connectivity index (χ0v) is 12.9. The molecule has 0 saturated carbocycles. The van der Waals surface area contributed by atoms with Gasteiger partial charge in [0.2, 0.25) is 0 Å². The van der Waals surface area contributed by atoms with E-state index in [1.54, 1.807) is 0 Å². The molecule has 0 atom stereocenters. The number of hydrogen-bond acceptors (Lipinski definition) is 0. The predicted octanol–water partition coefficient (Wildman–Crippen LogP) is 5.59. The lowest BCUT2D eigenvalue weighted by molar-refractivity contribution is 1.30. The molecule has 1 heteroatoms. The topological polar surface area (TPSA) is 0 Å². The second kappa shape index (κ2) is 6.62. The van der Waals surface area contributed by atoms with Crippen molar-refractivity contribution >= 4 is 10.0 Å². The fourth-order valence-corrected chi connectivity index (χ4v) is 5.79. The van der Waals surface area contributed by atoms with Crippen LogP contribution in [0.2, 0.25) is 0 Å². The molecule has 0 aliphatic heterocycles. The van der Waals surface area contributed by atoms with Gasteiger partial charge in [0.05, 0.1) is 0 Å². The average molecular weight is 282 g/mol. The minimum atomic E-state index is -1.11. The predicted molar refractivity (Wildman–Crippen MR) is 91.9 cm³/mol. The Morgan fingerprint density at radius 1 is 0.800 bits per heavy atom. The SMILES string of the molecule is C=CCS(CC=C)(c1ccccc1)c1ccc(C)cc1. The molecule has 2 aromatic carbocycles. The lowest BCUT2D eigenvalue weighted by atomic mass is 10.2.